The fraction of sp³-hybridized carbons (Fsp3) is 0.467. The van der Waals surface area contributed by atoms with E-state index in [1.54, 1.807) is 0 Å². The van der Waals surface area contributed by atoms with Gasteiger partial charge in [-0.2, -0.15) is 4.98 Å². The van der Waals surface area contributed by atoms with Crippen LogP contribution < -0.4 is 5.32 Å². The number of thiazole rings is 1. The van der Waals surface area contributed by atoms with Crippen LogP contribution in [0.5, 0.6) is 0 Å². The quantitative estimate of drug-likeness (QED) is 0.940. The van der Waals surface area contributed by atoms with Crippen molar-refractivity contribution in [1.29, 1.82) is 0 Å². The first kappa shape index (κ1) is 14.9. The number of rotatable bonds is 3. The van der Waals surface area contributed by atoms with Gasteiger partial charge in [0.2, 0.25) is 5.91 Å². The minimum absolute atomic E-state index is 0.0365. The minimum atomic E-state index is -0.254. The Kier molecular flexibility index (Phi) is 3.60. The second kappa shape index (κ2) is 5.31. The lowest BCUT2D eigenvalue weighted by atomic mass is 9.78. The highest BCUT2D eigenvalue weighted by atomic mass is 32.1. The van der Waals surface area contributed by atoms with Crippen LogP contribution in [0.1, 0.15) is 47.2 Å². The zero-order valence-electron chi connectivity index (χ0n) is 12.7. The molecule has 0 aromatic carbocycles. The van der Waals surface area contributed by atoms with Crippen molar-refractivity contribution in [2.24, 2.45) is 5.41 Å². The Labute approximate surface area is 132 Å². The maximum atomic E-state index is 12.1. The van der Waals surface area contributed by atoms with Gasteiger partial charge in [0.25, 0.3) is 0 Å². The Bertz CT molecular complexity index is 745. The number of aryl methyl sites for hydroxylation is 1. The van der Waals surface area contributed by atoms with Crippen LogP contribution in [0.2, 0.25) is 0 Å². The molecule has 0 saturated carbocycles. The highest BCUT2D eigenvalue weighted by Crippen LogP contribution is 2.35. The molecule has 2 aromatic heterocycles. The van der Waals surface area contributed by atoms with Gasteiger partial charge in [0.1, 0.15) is 11.5 Å². The Hall–Kier alpha value is -2.02. The summed E-state index contributed by atoms with van der Waals surface area (Å²) in [5.74, 6) is 0.266. The van der Waals surface area contributed by atoms with Crippen molar-refractivity contribution in [3.05, 3.63) is 27.5 Å². The predicted octanol–water partition coefficient (Wildman–Crippen LogP) is 2.78. The third-order valence-corrected chi connectivity index (χ3v) is 4.32. The number of carbonyl (C=O) groups is 2. The van der Waals surface area contributed by atoms with Gasteiger partial charge in [-0.3, -0.25) is 14.9 Å². The first-order valence-electron chi connectivity index (χ1n) is 7.06. The first-order chi connectivity index (χ1) is 10.3. The van der Waals surface area contributed by atoms with Crippen LogP contribution in [0.3, 0.4) is 0 Å². The van der Waals surface area contributed by atoms with Gasteiger partial charge >= 0.3 is 6.01 Å². The van der Waals surface area contributed by atoms with Gasteiger partial charge in [-0.1, -0.05) is 13.8 Å². The van der Waals surface area contributed by atoms with Crippen LogP contribution in [-0.4, -0.2) is 21.7 Å². The van der Waals surface area contributed by atoms with E-state index in [1.807, 2.05) is 26.2 Å². The molecule has 0 aliphatic heterocycles. The lowest BCUT2D eigenvalue weighted by Crippen LogP contribution is -2.26. The van der Waals surface area contributed by atoms with E-state index in [4.69, 9.17) is 4.42 Å². The second-order valence-corrected chi connectivity index (χ2v) is 7.38. The average molecular weight is 319 g/mol. The maximum absolute atomic E-state index is 12.1. The Morgan fingerprint density at radius 2 is 2.18 bits per heavy atom. The van der Waals surface area contributed by atoms with Crippen molar-refractivity contribution in [3.63, 3.8) is 0 Å². The van der Waals surface area contributed by atoms with Gasteiger partial charge in [0.15, 0.2) is 5.78 Å². The normalized spacial score (nSPS) is 16.4. The monoisotopic (exact) mass is 319 g/mol. The molecule has 1 aliphatic rings. The third-order valence-electron chi connectivity index (χ3n) is 3.49. The van der Waals surface area contributed by atoms with E-state index < -0.39 is 0 Å². The molecule has 1 N–H and O–H groups in total. The molecule has 22 heavy (non-hydrogen) atoms. The molecule has 1 aliphatic carbocycles. The topological polar surface area (TPSA) is 85.1 Å². The summed E-state index contributed by atoms with van der Waals surface area (Å²) in [4.78, 5) is 32.4. The van der Waals surface area contributed by atoms with Crippen LogP contribution >= 0.6 is 11.3 Å². The van der Waals surface area contributed by atoms with Gasteiger partial charge in [0, 0.05) is 18.2 Å². The summed E-state index contributed by atoms with van der Waals surface area (Å²) >= 11 is 1.50. The van der Waals surface area contributed by atoms with E-state index in [1.165, 1.54) is 11.3 Å². The molecule has 1 amide bonds. The number of oxazole rings is 1. The summed E-state index contributed by atoms with van der Waals surface area (Å²) < 4.78 is 5.54. The number of nitrogens with zero attached hydrogens (tertiary/aromatic N) is 2. The number of Topliss-reactive ketones (excluding diaryl/α,β-unsaturated/α-hetero) is 1. The lowest BCUT2D eigenvalue weighted by molar-refractivity contribution is -0.115. The van der Waals surface area contributed by atoms with Gasteiger partial charge in [-0.15, -0.1) is 11.3 Å². The standard InChI is InChI=1S/C15H17N3O3S/c1-8-16-9(7-22-8)4-12(20)17-14-18-13-10(19)5-15(2,3)6-11(13)21-14/h7H,4-6H2,1-3H3,(H,17,18,20). The highest BCUT2D eigenvalue weighted by molar-refractivity contribution is 7.09. The van der Waals surface area contributed by atoms with Crippen molar-refractivity contribution >= 4 is 29.0 Å². The largest absolute Gasteiger partial charge is 0.428 e. The Morgan fingerprint density at radius 1 is 1.41 bits per heavy atom. The van der Waals surface area contributed by atoms with Crippen molar-refractivity contribution in [3.8, 4) is 0 Å². The van der Waals surface area contributed by atoms with Gasteiger partial charge in [0.05, 0.1) is 17.1 Å². The predicted molar refractivity (Wildman–Crippen MR) is 82.1 cm³/mol. The van der Waals surface area contributed by atoms with E-state index in [-0.39, 0.29) is 29.5 Å². The number of amides is 1. The summed E-state index contributed by atoms with van der Waals surface area (Å²) in [7, 11) is 0. The van der Waals surface area contributed by atoms with E-state index in [9.17, 15) is 9.59 Å². The molecule has 0 atom stereocenters. The average Bonchev–Trinajstić information content (AvgIpc) is 2.94. The van der Waals surface area contributed by atoms with Crippen LogP contribution in [-0.2, 0) is 17.6 Å². The number of anilines is 1. The summed E-state index contributed by atoms with van der Waals surface area (Å²) in [5, 5.41) is 5.37. The van der Waals surface area contributed by atoms with Gasteiger partial charge < -0.3 is 4.42 Å². The smallest absolute Gasteiger partial charge is 0.302 e. The number of nitrogens with one attached hydrogen (secondary N) is 1. The minimum Gasteiger partial charge on any atom is -0.428 e. The van der Waals surface area contributed by atoms with E-state index in [0.717, 1.165) is 5.01 Å². The number of carbonyl (C=O) groups excluding carboxylic acids is 2. The molecule has 0 unspecified atom stereocenters. The maximum Gasteiger partial charge on any atom is 0.302 e. The molecule has 7 heteroatoms. The van der Waals surface area contributed by atoms with E-state index in [0.29, 0.717) is 30.0 Å². The number of fused-ring (bicyclic) bond motifs is 1. The van der Waals surface area contributed by atoms with Crippen LogP contribution in [0.25, 0.3) is 0 Å². The molecule has 116 valence electrons. The number of hydrogen-bond donors (Lipinski definition) is 1. The molecule has 3 rings (SSSR count). The van der Waals surface area contributed by atoms with E-state index in [2.05, 4.69) is 15.3 Å². The molecule has 6 nitrogen and oxygen atoms in total. The molecular weight excluding hydrogens is 302 g/mol. The number of hydrogen-bond acceptors (Lipinski definition) is 6. The fourth-order valence-electron chi connectivity index (χ4n) is 2.58. The van der Waals surface area contributed by atoms with Crippen molar-refractivity contribution in [1.82, 2.24) is 9.97 Å². The number of aromatic nitrogens is 2. The highest BCUT2D eigenvalue weighted by Gasteiger charge is 2.35. The molecule has 0 bridgehead atoms. The van der Waals surface area contributed by atoms with Crippen molar-refractivity contribution in [2.45, 2.75) is 40.0 Å². The SMILES string of the molecule is Cc1nc(CC(=O)Nc2nc3c(o2)CC(C)(C)CC3=O)cs1. The molecule has 2 aromatic rings. The molecule has 0 spiro atoms. The zero-order chi connectivity index (χ0) is 15.9. The lowest BCUT2D eigenvalue weighted by Gasteiger charge is -2.25. The molecule has 0 saturated heterocycles. The second-order valence-electron chi connectivity index (χ2n) is 6.31. The van der Waals surface area contributed by atoms with Gasteiger partial charge in [-0.05, 0) is 12.3 Å². The first-order valence-corrected chi connectivity index (χ1v) is 7.94. The zero-order valence-corrected chi connectivity index (χ0v) is 13.5. The fourth-order valence-corrected chi connectivity index (χ4v) is 3.19. The molecule has 0 radical (unpaired) electrons. The summed E-state index contributed by atoms with van der Waals surface area (Å²) in [6.07, 6.45) is 1.25. The van der Waals surface area contributed by atoms with Crippen LogP contribution in [0, 0.1) is 12.3 Å². The Balaban J connectivity index is 1.72. The third kappa shape index (κ3) is 3.09. The van der Waals surface area contributed by atoms with E-state index >= 15 is 0 Å². The molecule has 2 heterocycles. The van der Waals surface area contributed by atoms with Crippen molar-refractivity contribution < 1.29 is 14.0 Å². The summed E-state index contributed by atoms with van der Waals surface area (Å²) in [6, 6.07) is 0.0907. The van der Waals surface area contributed by atoms with Crippen LogP contribution in [0.15, 0.2) is 9.80 Å². The summed E-state index contributed by atoms with van der Waals surface area (Å²) in [6.45, 7) is 5.92. The Morgan fingerprint density at radius 3 is 2.86 bits per heavy atom. The van der Waals surface area contributed by atoms with Gasteiger partial charge in [-0.25, -0.2) is 4.98 Å². The molecule has 0 fully saturated rings. The summed E-state index contributed by atoms with van der Waals surface area (Å²) in [5.41, 5.74) is 0.927. The van der Waals surface area contributed by atoms with Crippen LogP contribution in [0.4, 0.5) is 6.01 Å². The molecular formula is C15H17N3O3S. The number of ketones is 1. The van der Waals surface area contributed by atoms with Crippen molar-refractivity contribution in [2.75, 3.05) is 5.32 Å².